The largest absolute Gasteiger partial charge is 0.462 e. The minimum atomic E-state index is 0.169. The highest BCUT2D eigenvalue weighted by Gasteiger charge is 2.29. The standard InChI is InChI=1S/C31H38ClN7O/c1-21-15-33-20-34-16-22(2)39(17-21)30-25-12-14-38(28-11-5-8-23-7-4-10-26(32)29(23)28)18-27(25)35-31(36-30)40-19-24-9-6-13-37(24)3/h4-5,7-8,10-11,15,20,22,24H,6,9,12-14,16-19H2,1-3H3,(H,33,34)/b21-15+/t22-,24-/m1/s1. The van der Waals surface area contributed by atoms with Gasteiger partial charge in [0.1, 0.15) is 12.4 Å². The van der Waals surface area contributed by atoms with Crippen molar-refractivity contribution in [1.82, 2.24) is 20.2 Å². The molecule has 0 amide bonds. The Kier molecular flexibility index (Phi) is 7.80. The van der Waals surface area contributed by atoms with Crippen LogP contribution in [0.2, 0.25) is 5.02 Å². The van der Waals surface area contributed by atoms with E-state index in [-0.39, 0.29) is 6.04 Å². The van der Waals surface area contributed by atoms with Crippen molar-refractivity contribution in [1.29, 1.82) is 0 Å². The first-order valence-corrected chi connectivity index (χ1v) is 14.7. The molecule has 1 N–H and O–H groups in total. The van der Waals surface area contributed by atoms with Gasteiger partial charge in [-0.2, -0.15) is 9.97 Å². The van der Waals surface area contributed by atoms with E-state index in [2.05, 4.69) is 70.2 Å². The van der Waals surface area contributed by atoms with E-state index >= 15 is 0 Å². The third-order valence-corrected chi connectivity index (χ3v) is 8.68. The fourth-order valence-electron chi connectivity index (χ4n) is 6.09. The van der Waals surface area contributed by atoms with Crippen molar-refractivity contribution < 1.29 is 4.74 Å². The zero-order chi connectivity index (χ0) is 27.6. The predicted octanol–water partition coefficient (Wildman–Crippen LogP) is 5.05. The van der Waals surface area contributed by atoms with Crippen molar-refractivity contribution in [3.05, 3.63) is 64.5 Å². The van der Waals surface area contributed by atoms with Gasteiger partial charge in [0, 0.05) is 48.0 Å². The Labute approximate surface area is 241 Å². The summed E-state index contributed by atoms with van der Waals surface area (Å²) in [6.45, 7) is 9.02. The molecule has 4 heterocycles. The zero-order valence-electron chi connectivity index (χ0n) is 23.6. The summed E-state index contributed by atoms with van der Waals surface area (Å²) in [6, 6.07) is 13.5. The number of benzene rings is 2. The third-order valence-electron chi connectivity index (χ3n) is 8.36. The second-order valence-corrected chi connectivity index (χ2v) is 11.7. The molecule has 210 valence electrons. The zero-order valence-corrected chi connectivity index (χ0v) is 24.4. The summed E-state index contributed by atoms with van der Waals surface area (Å²) in [5.41, 5.74) is 4.57. The van der Waals surface area contributed by atoms with Crippen LogP contribution >= 0.6 is 11.6 Å². The molecule has 2 aromatic carbocycles. The van der Waals surface area contributed by atoms with Crippen LogP contribution in [0.5, 0.6) is 6.01 Å². The number of anilines is 2. The smallest absolute Gasteiger partial charge is 0.318 e. The fraction of sp³-hybridized carbons (Fsp3) is 0.452. The van der Waals surface area contributed by atoms with Gasteiger partial charge in [0.05, 0.1) is 30.1 Å². The molecule has 3 aromatic rings. The maximum atomic E-state index is 6.72. The van der Waals surface area contributed by atoms with E-state index in [1.54, 1.807) is 6.34 Å². The van der Waals surface area contributed by atoms with Crippen LogP contribution in [0.25, 0.3) is 10.8 Å². The Hall–Kier alpha value is -3.36. The molecular formula is C31H38ClN7O. The van der Waals surface area contributed by atoms with Crippen LogP contribution in [0.15, 0.2) is 53.2 Å². The Morgan fingerprint density at radius 1 is 1.10 bits per heavy atom. The van der Waals surface area contributed by atoms with Crippen LogP contribution in [0.3, 0.4) is 0 Å². The number of halogens is 1. The summed E-state index contributed by atoms with van der Waals surface area (Å²) in [5, 5.41) is 6.19. The van der Waals surface area contributed by atoms with Gasteiger partial charge in [0.15, 0.2) is 0 Å². The molecule has 8 nitrogen and oxygen atoms in total. The number of rotatable bonds is 5. The molecule has 1 aromatic heterocycles. The van der Waals surface area contributed by atoms with Gasteiger partial charge in [-0.15, -0.1) is 0 Å². The number of hydrogen-bond donors (Lipinski definition) is 1. The lowest BCUT2D eigenvalue weighted by molar-refractivity contribution is 0.187. The van der Waals surface area contributed by atoms with Crippen molar-refractivity contribution in [2.75, 3.05) is 49.6 Å². The van der Waals surface area contributed by atoms with E-state index in [4.69, 9.17) is 26.3 Å². The van der Waals surface area contributed by atoms with Crippen LogP contribution in [0.4, 0.5) is 11.5 Å². The van der Waals surface area contributed by atoms with E-state index in [0.29, 0.717) is 31.7 Å². The molecule has 3 aliphatic rings. The van der Waals surface area contributed by atoms with Gasteiger partial charge in [-0.1, -0.05) is 35.9 Å². The van der Waals surface area contributed by atoms with E-state index in [1.807, 2.05) is 18.3 Å². The van der Waals surface area contributed by atoms with Gasteiger partial charge >= 0.3 is 6.01 Å². The highest BCUT2D eigenvalue weighted by atomic mass is 35.5. The van der Waals surface area contributed by atoms with Crippen molar-refractivity contribution >= 4 is 40.2 Å². The van der Waals surface area contributed by atoms with Gasteiger partial charge in [0.2, 0.25) is 0 Å². The lowest BCUT2D eigenvalue weighted by Gasteiger charge is -2.36. The quantitative estimate of drug-likeness (QED) is 0.469. The number of likely N-dealkylation sites (tertiary alicyclic amines) is 1. The minimum Gasteiger partial charge on any atom is -0.462 e. The van der Waals surface area contributed by atoms with E-state index in [0.717, 1.165) is 65.5 Å². The number of likely N-dealkylation sites (N-methyl/N-ethyl adjacent to an activating group) is 1. The first-order chi connectivity index (χ1) is 19.5. The molecule has 0 bridgehead atoms. The summed E-state index contributed by atoms with van der Waals surface area (Å²) >= 11 is 6.72. The van der Waals surface area contributed by atoms with Gasteiger partial charge in [-0.05, 0) is 69.8 Å². The summed E-state index contributed by atoms with van der Waals surface area (Å²) in [5.74, 6) is 0.965. The summed E-state index contributed by atoms with van der Waals surface area (Å²) in [7, 11) is 2.17. The number of aliphatic imine (C=N–C) groups is 1. The number of nitrogens with zero attached hydrogens (tertiary/aromatic N) is 6. The summed E-state index contributed by atoms with van der Waals surface area (Å²) in [4.78, 5) is 21.8. The monoisotopic (exact) mass is 559 g/mol. The molecule has 2 atom stereocenters. The van der Waals surface area contributed by atoms with Crippen LogP contribution < -0.4 is 19.9 Å². The number of aromatic nitrogens is 2. The fourth-order valence-corrected chi connectivity index (χ4v) is 6.37. The van der Waals surface area contributed by atoms with Crippen molar-refractivity contribution in [3.8, 4) is 6.01 Å². The highest BCUT2D eigenvalue weighted by Crippen LogP contribution is 2.37. The normalized spacial score (nSPS) is 23.1. The number of hydrogen-bond acceptors (Lipinski definition) is 8. The lowest BCUT2D eigenvalue weighted by atomic mass is 10.0. The molecule has 0 aliphatic carbocycles. The first-order valence-electron chi connectivity index (χ1n) is 14.3. The summed E-state index contributed by atoms with van der Waals surface area (Å²) < 4.78 is 6.34. The highest BCUT2D eigenvalue weighted by molar-refractivity contribution is 6.36. The summed E-state index contributed by atoms with van der Waals surface area (Å²) in [6.07, 6.45) is 6.97. The number of fused-ring (bicyclic) bond motifs is 2. The average Bonchev–Trinajstić information content (AvgIpc) is 3.40. The predicted molar refractivity (Wildman–Crippen MR) is 164 cm³/mol. The van der Waals surface area contributed by atoms with Gasteiger partial charge < -0.3 is 24.8 Å². The Balaban J connectivity index is 1.38. The molecule has 0 unspecified atom stereocenters. The minimum absolute atomic E-state index is 0.169. The second-order valence-electron chi connectivity index (χ2n) is 11.3. The van der Waals surface area contributed by atoms with Crippen LogP contribution in [0.1, 0.15) is 37.9 Å². The third kappa shape index (κ3) is 5.47. The molecule has 0 radical (unpaired) electrons. The van der Waals surface area contributed by atoms with Crippen LogP contribution in [-0.2, 0) is 13.0 Å². The Morgan fingerprint density at radius 2 is 1.95 bits per heavy atom. The van der Waals surface area contributed by atoms with Gasteiger partial charge in [0.25, 0.3) is 0 Å². The van der Waals surface area contributed by atoms with Crippen molar-refractivity contribution in [2.24, 2.45) is 4.99 Å². The second kappa shape index (κ2) is 11.6. The molecule has 1 saturated heterocycles. The van der Waals surface area contributed by atoms with Gasteiger partial charge in [-0.25, -0.2) is 0 Å². The van der Waals surface area contributed by atoms with E-state index < -0.39 is 0 Å². The molecule has 1 fully saturated rings. The maximum Gasteiger partial charge on any atom is 0.318 e. The molecule has 3 aliphatic heterocycles. The molecule has 6 rings (SSSR count). The molecular weight excluding hydrogens is 522 g/mol. The Morgan fingerprint density at radius 3 is 2.77 bits per heavy atom. The SMILES string of the molecule is C/C1=C\NC=NC[C@@H](C)N(c2nc(OC[C@H]3CCCN3C)nc3c2CCN(c2cccc4cccc(Cl)c24)C3)C1. The van der Waals surface area contributed by atoms with E-state index in [9.17, 15) is 0 Å². The lowest BCUT2D eigenvalue weighted by Crippen LogP contribution is -2.40. The molecule has 0 spiro atoms. The van der Waals surface area contributed by atoms with Gasteiger partial charge in [-0.3, -0.25) is 4.99 Å². The topological polar surface area (TPSA) is 69.1 Å². The first kappa shape index (κ1) is 26.8. The van der Waals surface area contributed by atoms with Crippen molar-refractivity contribution in [3.63, 3.8) is 0 Å². The molecule has 0 saturated carbocycles. The maximum absolute atomic E-state index is 6.72. The van der Waals surface area contributed by atoms with Crippen LogP contribution in [-0.4, -0.2) is 73.1 Å². The van der Waals surface area contributed by atoms with E-state index in [1.165, 1.54) is 17.6 Å². The molecule has 40 heavy (non-hydrogen) atoms. The van der Waals surface area contributed by atoms with Crippen molar-refractivity contribution in [2.45, 2.75) is 51.7 Å². The number of ether oxygens (including phenoxy) is 1. The average molecular weight is 560 g/mol. The Bertz CT molecular complexity index is 1440. The number of nitrogens with one attached hydrogen (secondary N) is 1. The molecule has 9 heteroatoms. The van der Waals surface area contributed by atoms with Crippen LogP contribution in [0, 0.1) is 0 Å².